The lowest BCUT2D eigenvalue weighted by Crippen LogP contribution is -2.42. The zero-order valence-electron chi connectivity index (χ0n) is 15.9. The maximum absolute atomic E-state index is 12.2. The van der Waals surface area contributed by atoms with Gasteiger partial charge in [-0.1, -0.05) is 19.1 Å². The number of imide groups is 1. The van der Waals surface area contributed by atoms with Gasteiger partial charge in [0, 0.05) is 19.2 Å². The molecule has 152 valence electrons. The molecule has 1 aliphatic rings. The molecule has 28 heavy (non-hydrogen) atoms. The van der Waals surface area contributed by atoms with Gasteiger partial charge in [0.25, 0.3) is 5.91 Å². The number of carbonyl (C=O) groups is 3. The lowest BCUT2D eigenvalue weighted by atomic mass is 10.1. The van der Waals surface area contributed by atoms with Gasteiger partial charge in [0.2, 0.25) is 0 Å². The average Bonchev–Trinajstić information content (AvgIpc) is 2.95. The van der Waals surface area contributed by atoms with Crippen molar-refractivity contribution in [3.05, 3.63) is 41.0 Å². The molecule has 2 rings (SSSR count). The number of urea groups is 1. The van der Waals surface area contributed by atoms with Crippen LogP contribution in [0.25, 0.3) is 0 Å². The van der Waals surface area contributed by atoms with E-state index in [1.165, 1.54) is 24.1 Å². The van der Waals surface area contributed by atoms with Crippen molar-refractivity contribution in [2.24, 2.45) is 0 Å². The molecule has 9 nitrogen and oxygen atoms in total. The third kappa shape index (κ3) is 4.89. The topological polar surface area (TPSA) is 122 Å². The second-order valence-corrected chi connectivity index (χ2v) is 7.75. The first-order valence-electron chi connectivity index (χ1n) is 8.73. The second kappa shape index (κ2) is 8.87. The van der Waals surface area contributed by atoms with Gasteiger partial charge in [0.05, 0.1) is 6.54 Å². The van der Waals surface area contributed by atoms with Crippen LogP contribution in [-0.4, -0.2) is 51.5 Å². The van der Waals surface area contributed by atoms with Crippen LogP contribution in [0, 0.1) is 0 Å². The smallest absolute Gasteiger partial charge is 0.337 e. The van der Waals surface area contributed by atoms with Crippen LogP contribution in [0.3, 0.4) is 0 Å². The van der Waals surface area contributed by atoms with Gasteiger partial charge in [0.15, 0.2) is 0 Å². The van der Waals surface area contributed by atoms with Gasteiger partial charge in [-0.05, 0) is 43.0 Å². The van der Waals surface area contributed by atoms with Crippen molar-refractivity contribution in [3.8, 4) is 0 Å². The van der Waals surface area contributed by atoms with Crippen LogP contribution in [0.4, 0.5) is 9.59 Å². The van der Waals surface area contributed by atoms with Crippen LogP contribution in [0.5, 0.6) is 0 Å². The summed E-state index contributed by atoms with van der Waals surface area (Å²) >= 11 is 0. The van der Waals surface area contributed by atoms with Gasteiger partial charge in [-0.3, -0.25) is 9.69 Å². The highest BCUT2D eigenvalue weighted by Crippen LogP contribution is 2.21. The summed E-state index contributed by atoms with van der Waals surface area (Å²) in [5.74, 6) is -0.261. The molecule has 0 aliphatic carbocycles. The fraction of sp³-hybridized carbons (Fsp3) is 0.389. The van der Waals surface area contributed by atoms with E-state index in [1.54, 1.807) is 12.1 Å². The summed E-state index contributed by atoms with van der Waals surface area (Å²) in [5.41, 5.74) is 2.35. The van der Waals surface area contributed by atoms with Gasteiger partial charge in [-0.2, -0.15) is 8.42 Å². The Balaban J connectivity index is 1.88. The molecule has 10 heteroatoms. The van der Waals surface area contributed by atoms with Gasteiger partial charge >= 0.3 is 22.2 Å². The minimum atomic E-state index is -4.18. The Labute approximate surface area is 163 Å². The molecule has 4 amide bonds. The van der Waals surface area contributed by atoms with E-state index in [9.17, 15) is 22.8 Å². The summed E-state index contributed by atoms with van der Waals surface area (Å²) in [5, 5.41) is 4.76. The van der Waals surface area contributed by atoms with Crippen LogP contribution < -0.4 is 10.6 Å². The van der Waals surface area contributed by atoms with E-state index in [0.29, 0.717) is 25.0 Å². The minimum Gasteiger partial charge on any atom is -0.337 e. The van der Waals surface area contributed by atoms with E-state index >= 15 is 0 Å². The maximum Gasteiger partial charge on any atom is 0.422 e. The zero-order valence-corrected chi connectivity index (χ0v) is 16.8. The fourth-order valence-electron chi connectivity index (χ4n) is 2.79. The molecule has 0 atom stereocenters. The Morgan fingerprint density at radius 2 is 1.86 bits per heavy atom. The molecule has 0 saturated carbocycles. The Kier molecular flexibility index (Phi) is 6.79. The summed E-state index contributed by atoms with van der Waals surface area (Å²) in [6.45, 7) is 4.30. The van der Waals surface area contributed by atoms with Crippen LogP contribution in [0.1, 0.15) is 25.8 Å². The van der Waals surface area contributed by atoms with Crippen molar-refractivity contribution in [1.82, 2.24) is 15.5 Å². The second-order valence-electron chi connectivity index (χ2n) is 6.20. The molecular formula is C18H23N3O6S. The molecule has 0 fully saturated rings. The largest absolute Gasteiger partial charge is 0.422 e. The highest BCUT2D eigenvalue weighted by atomic mass is 32.2. The van der Waals surface area contributed by atoms with E-state index in [1.807, 2.05) is 13.8 Å². The lowest BCUT2D eigenvalue weighted by Gasteiger charge is -2.16. The van der Waals surface area contributed by atoms with Gasteiger partial charge < -0.3 is 14.8 Å². The van der Waals surface area contributed by atoms with Crippen LogP contribution in [-0.2, 0) is 25.5 Å². The summed E-state index contributed by atoms with van der Waals surface area (Å²) in [7, 11) is -2.93. The minimum absolute atomic E-state index is 0.153. The molecule has 2 N–H and O–H groups in total. The number of rotatable bonds is 6. The number of benzene rings is 1. The molecule has 0 saturated heterocycles. The van der Waals surface area contributed by atoms with Crippen molar-refractivity contribution >= 4 is 28.1 Å². The molecule has 1 aliphatic heterocycles. The van der Waals surface area contributed by atoms with E-state index in [4.69, 9.17) is 0 Å². The van der Waals surface area contributed by atoms with E-state index in [-0.39, 0.29) is 17.3 Å². The molecular weight excluding hydrogens is 386 g/mol. The number of carbonyl (C=O) groups excluding carboxylic acids is 3. The highest BCUT2D eigenvalue weighted by Gasteiger charge is 2.31. The van der Waals surface area contributed by atoms with E-state index < -0.39 is 22.2 Å². The molecule has 1 aromatic carbocycles. The molecule has 0 unspecified atom stereocenters. The molecule has 0 aromatic heterocycles. The van der Waals surface area contributed by atoms with Crippen molar-refractivity contribution in [2.45, 2.75) is 31.6 Å². The van der Waals surface area contributed by atoms with Crippen LogP contribution in [0.2, 0.25) is 0 Å². The molecule has 0 bridgehead atoms. The molecule has 1 heterocycles. The lowest BCUT2D eigenvalue weighted by molar-refractivity contribution is -0.123. The van der Waals surface area contributed by atoms with Gasteiger partial charge in [-0.25, -0.2) is 9.59 Å². The zero-order chi connectivity index (χ0) is 20.9. The Bertz CT molecular complexity index is 906. The number of amides is 4. The highest BCUT2D eigenvalue weighted by molar-refractivity contribution is 7.87. The summed E-state index contributed by atoms with van der Waals surface area (Å²) in [6.07, 6.45) is -0.0377. The van der Waals surface area contributed by atoms with Gasteiger partial charge in [-0.15, -0.1) is 0 Å². The summed E-state index contributed by atoms with van der Waals surface area (Å²) in [6, 6.07) is 5.31. The Morgan fingerprint density at radius 1 is 1.21 bits per heavy atom. The molecule has 0 spiro atoms. The predicted octanol–water partition coefficient (Wildman–Crippen LogP) is 1.55. The quantitative estimate of drug-likeness (QED) is 0.688. The van der Waals surface area contributed by atoms with Crippen molar-refractivity contribution in [1.29, 1.82) is 0 Å². The molecule has 0 radical (unpaired) electrons. The van der Waals surface area contributed by atoms with Crippen molar-refractivity contribution < 1.29 is 27.0 Å². The van der Waals surface area contributed by atoms with Crippen molar-refractivity contribution in [2.75, 3.05) is 20.1 Å². The summed E-state index contributed by atoms with van der Waals surface area (Å²) < 4.78 is 28.1. The predicted molar refractivity (Wildman–Crippen MR) is 101 cm³/mol. The fourth-order valence-corrected chi connectivity index (χ4v) is 3.64. The first kappa shape index (κ1) is 21.4. The SMILES string of the molecule is CCC1=C(C)CN(C(=O)NCCc2ccc(S(=O)(=O)OC(=O)NC)cc2)C1=O. The standard InChI is InChI=1S/C18H23N3O6S/c1-4-15-12(2)11-21(16(15)22)17(23)20-10-9-13-5-7-14(8-6-13)28(25,26)27-18(24)19-3/h5-8H,4,9-11H2,1-3H3,(H,19,24)(H,20,23). The normalized spacial score (nSPS) is 14.2. The number of nitrogens with one attached hydrogen (secondary N) is 2. The first-order chi connectivity index (χ1) is 13.2. The first-order valence-corrected chi connectivity index (χ1v) is 10.1. The third-order valence-corrected chi connectivity index (χ3v) is 5.52. The van der Waals surface area contributed by atoms with Crippen molar-refractivity contribution in [3.63, 3.8) is 0 Å². The number of nitrogens with zero attached hydrogens (tertiary/aromatic N) is 1. The van der Waals surface area contributed by atoms with E-state index in [0.717, 1.165) is 11.1 Å². The summed E-state index contributed by atoms with van der Waals surface area (Å²) in [4.78, 5) is 36.5. The Morgan fingerprint density at radius 3 is 2.39 bits per heavy atom. The third-order valence-electron chi connectivity index (χ3n) is 4.30. The van der Waals surface area contributed by atoms with E-state index in [2.05, 4.69) is 14.8 Å². The molecule has 1 aromatic rings. The monoisotopic (exact) mass is 409 g/mol. The Hall–Kier alpha value is -2.88. The number of hydrogen-bond acceptors (Lipinski definition) is 6. The van der Waals surface area contributed by atoms with Gasteiger partial charge in [0.1, 0.15) is 4.90 Å². The average molecular weight is 409 g/mol. The number of hydrogen-bond donors (Lipinski definition) is 2. The van der Waals surface area contributed by atoms with Crippen LogP contribution in [0.15, 0.2) is 40.3 Å². The van der Waals surface area contributed by atoms with Crippen LogP contribution >= 0.6 is 0 Å². The maximum atomic E-state index is 12.2.